The molecule has 0 saturated carbocycles. The summed E-state index contributed by atoms with van der Waals surface area (Å²) in [5.41, 5.74) is 8.23. The topological polar surface area (TPSA) is 92.4 Å². The van der Waals surface area contributed by atoms with Gasteiger partial charge in [0, 0.05) is 38.4 Å². The molecule has 1 saturated heterocycles. The number of ether oxygens (including phenoxy) is 1. The van der Waals surface area contributed by atoms with E-state index in [-0.39, 0.29) is 12.0 Å². The molecule has 2 heterocycles. The molecular weight excluding hydrogens is 402 g/mol. The molecule has 0 radical (unpaired) electrons. The van der Waals surface area contributed by atoms with Crippen molar-refractivity contribution in [3.05, 3.63) is 66.0 Å². The highest BCUT2D eigenvalue weighted by molar-refractivity contribution is 5.53. The van der Waals surface area contributed by atoms with Gasteiger partial charge >= 0.3 is 0 Å². The fourth-order valence-corrected chi connectivity index (χ4v) is 3.92. The van der Waals surface area contributed by atoms with E-state index in [9.17, 15) is 0 Å². The monoisotopic (exact) mass is 433 g/mol. The van der Waals surface area contributed by atoms with Gasteiger partial charge in [0.1, 0.15) is 5.75 Å². The molecule has 0 bridgehead atoms. The van der Waals surface area contributed by atoms with Gasteiger partial charge < -0.3 is 20.7 Å². The zero-order valence-corrected chi connectivity index (χ0v) is 18.7. The molecule has 3 aromatic rings. The van der Waals surface area contributed by atoms with Gasteiger partial charge in [0.25, 0.3) is 0 Å². The van der Waals surface area contributed by atoms with Gasteiger partial charge in [-0.05, 0) is 43.2 Å². The lowest BCUT2D eigenvalue weighted by atomic mass is 10.1. The number of rotatable bonds is 8. The third-order valence-electron chi connectivity index (χ3n) is 5.90. The zero-order chi connectivity index (χ0) is 22.3. The lowest BCUT2D eigenvalue weighted by Crippen LogP contribution is -2.47. The van der Waals surface area contributed by atoms with Gasteiger partial charge in [-0.1, -0.05) is 30.3 Å². The Hall–Kier alpha value is -3.23. The number of hydrogen-bond donors (Lipinski definition) is 2. The van der Waals surface area contributed by atoms with Gasteiger partial charge in [0.05, 0.1) is 13.2 Å². The molecule has 168 valence electrons. The normalized spacial score (nSPS) is 15.9. The molecular formula is C24H31N7O. The number of piperazine rings is 1. The number of benzene rings is 2. The fraction of sp³-hybridized carbons (Fsp3) is 0.375. The number of para-hydroxylation sites is 1. The highest BCUT2D eigenvalue weighted by Gasteiger charge is 2.24. The highest BCUT2D eigenvalue weighted by atomic mass is 16.5. The highest BCUT2D eigenvalue weighted by Crippen LogP contribution is 2.21. The molecule has 1 atom stereocenters. The van der Waals surface area contributed by atoms with Crippen LogP contribution in [0, 0.1) is 0 Å². The largest absolute Gasteiger partial charge is 0.497 e. The zero-order valence-electron chi connectivity index (χ0n) is 18.7. The summed E-state index contributed by atoms with van der Waals surface area (Å²) in [5.74, 6) is 2.31. The Labute approximate surface area is 189 Å². The fourth-order valence-electron chi connectivity index (χ4n) is 3.92. The van der Waals surface area contributed by atoms with Crippen LogP contribution >= 0.6 is 0 Å². The second-order valence-corrected chi connectivity index (χ2v) is 8.02. The van der Waals surface area contributed by atoms with Crippen LogP contribution in [0.4, 0.5) is 17.6 Å². The maximum atomic E-state index is 5.98. The van der Waals surface area contributed by atoms with Crippen LogP contribution in [-0.2, 0) is 6.42 Å². The summed E-state index contributed by atoms with van der Waals surface area (Å²) in [5, 5.41) is 3.21. The van der Waals surface area contributed by atoms with Gasteiger partial charge in [0.15, 0.2) is 5.82 Å². The lowest BCUT2D eigenvalue weighted by molar-refractivity contribution is 0.0998. The van der Waals surface area contributed by atoms with Gasteiger partial charge in [-0.2, -0.15) is 15.0 Å². The average molecular weight is 434 g/mol. The van der Waals surface area contributed by atoms with Crippen LogP contribution in [0.25, 0.3) is 0 Å². The minimum Gasteiger partial charge on any atom is -0.497 e. The first-order valence-corrected chi connectivity index (χ1v) is 11.0. The number of nitrogens with zero attached hydrogens (tertiary/aromatic N) is 5. The van der Waals surface area contributed by atoms with E-state index in [1.807, 2.05) is 42.5 Å². The Morgan fingerprint density at radius 2 is 1.69 bits per heavy atom. The molecule has 0 spiro atoms. The van der Waals surface area contributed by atoms with Crippen LogP contribution < -0.4 is 15.8 Å². The Morgan fingerprint density at radius 3 is 2.38 bits per heavy atom. The number of aromatic nitrogens is 3. The third kappa shape index (κ3) is 5.72. The van der Waals surface area contributed by atoms with Crippen LogP contribution in [0.1, 0.15) is 24.4 Å². The second-order valence-electron chi connectivity index (χ2n) is 8.02. The second kappa shape index (κ2) is 10.4. The van der Waals surface area contributed by atoms with E-state index in [1.54, 1.807) is 7.11 Å². The Bertz CT molecular complexity index is 989. The summed E-state index contributed by atoms with van der Waals surface area (Å²) in [6, 6.07) is 18.2. The molecule has 1 unspecified atom stereocenters. The SMILES string of the molecule is COc1ccc(CCN2CCN(C(C)c3nc(N)nc(Nc4ccccc4)n3)CC2)cc1. The first-order valence-electron chi connectivity index (χ1n) is 11.0. The van der Waals surface area contributed by atoms with E-state index in [4.69, 9.17) is 10.5 Å². The molecule has 0 aliphatic carbocycles. The number of nitrogens with one attached hydrogen (secondary N) is 1. The molecule has 1 aliphatic rings. The third-order valence-corrected chi connectivity index (χ3v) is 5.90. The summed E-state index contributed by atoms with van der Waals surface area (Å²) in [4.78, 5) is 18.2. The molecule has 4 rings (SSSR count). The summed E-state index contributed by atoms with van der Waals surface area (Å²) in [6.45, 7) is 7.17. The van der Waals surface area contributed by atoms with Crippen LogP contribution in [0.5, 0.6) is 5.75 Å². The number of nitrogen functional groups attached to an aromatic ring is 1. The summed E-state index contributed by atoms with van der Waals surface area (Å²) in [6.07, 6.45) is 1.04. The van der Waals surface area contributed by atoms with E-state index in [1.165, 1.54) is 5.56 Å². The van der Waals surface area contributed by atoms with E-state index < -0.39 is 0 Å². The van der Waals surface area contributed by atoms with Crippen LogP contribution in [0.15, 0.2) is 54.6 Å². The predicted molar refractivity (Wildman–Crippen MR) is 127 cm³/mol. The first-order chi connectivity index (χ1) is 15.6. The first kappa shape index (κ1) is 22.0. The van der Waals surface area contributed by atoms with Crippen molar-refractivity contribution < 1.29 is 4.74 Å². The lowest BCUT2D eigenvalue weighted by Gasteiger charge is -2.37. The summed E-state index contributed by atoms with van der Waals surface area (Å²) in [7, 11) is 1.70. The van der Waals surface area contributed by atoms with Crippen LogP contribution in [0.3, 0.4) is 0 Å². The molecule has 0 amide bonds. The van der Waals surface area contributed by atoms with E-state index in [0.717, 1.165) is 50.6 Å². The standard InChI is InChI=1S/C24H31N7O/c1-18(22-27-23(25)29-24(28-22)26-20-6-4-3-5-7-20)31-16-14-30(15-17-31)13-12-19-8-10-21(32-2)11-9-19/h3-11,18H,12-17H2,1-2H3,(H3,25,26,27,28,29). The minimum atomic E-state index is 0.0698. The molecule has 2 aromatic carbocycles. The average Bonchev–Trinajstić information content (AvgIpc) is 2.83. The van der Waals surface area contributed by atoms with Crippen molar-refractivity contribution in [2.45, 2.75) is 19.4 Å². The Morgan fingerprint density at radius 1 is 0.969 bits per heavy atom. The predicted octanol–water partition coefficient (Wildman–Crippen LogP) is 3.13. The number of nitrogens with two attached hydrogens (primary N) is 1. The Balaban J connectivity index is 1.31. The summed E-state index contributed by atoms with van der Waals surface area (Å²) >= 11 is 0. The van der Waals surface area contributed by atoms with Crippen molar-refractivity contribution in [2.75, 3.05) is 50.9 Å². The van der Waals surface area contributed by atoms with Gasteiger partial charge in [-0.25, -0.2) is 0 Å². The number of hydrogen-bond acceptors (Lipinski definition) is 8. The van der Waals surface area contributed by atoms with Crippen molar-refractivity contribution in [2.24, 2.45) is 0 Å². The number of anilines is 3. The van der Waals surface area contributed by atoms with Crippen molar-refractivity contribution in [3.8, 4) is 5.75 Å². The molecule has 8 heteroatoms. The summed E-state index contributed by atoms with van der Waals surface area (Å²) < 4.78 is 5.24. The Kier molecular flexibility index (Phi) is 7.14. The van der Waals surface area contributed by atoms with Gasteiger partial charge in [-0.3, -0.25) is 4.90 Å². The minimum absolute atomic E-state index is 0.0698. The molecule has 1 aromatic heterocycles. The molecule has 8 nitrogen and oxygen atoms in total. The van der Waals surface area contributed by atoms with Gasteiger partial charge in [-0.15, -0.1) is 0 Å². The maximum absolute atomic E-state index is 5.98. The van der Waals surface area contributed by atoms with Crippen LogP contribution in [0.2, 0.25) is 0 Å². The van der Waals surface area contributed by atoms with Crippen LogP contribution in [-0.4, -0.2) is 64.6 Å². The van der Waals surface area contributed by atoms with E-state index in [0.29, 0.717) is 11.8 Å². The van der Waals surface area contributed by atoms with Crippen molar-refractivity contribution >= 4 is 17.6 Å². The van der Waals surface area contributed by atoms with Gasteiger partial charge in [0.2, 0.25) is 11.9 Å². The quantitative estimate of drug-likeness (QED) is 0.560. The van der Waals surface area contributed by atoms with Crippen molar-refractivity contribution in [3.63, 3.8) is 0 Å². The van der Waals surface area contributed by atoms with E-state index >= 15 is 0 Å². The maximum Gasteiger partial charge on any atom is 0.232 e. The number of methoxy groups -OCH3 is 1. The van der Waals surface area contributed by atoms with E-state index in [2.05, 4.69) is 49.1 Å². The van der Waals surface area contributed by atoms with Crippen molar-refractivity contribution in [1.29, 1.82) is 0 Å². The van der Waals surface area contributed by atoms with Crippen molar-refractivity contribution in [1.82, 2.24) is 24.8 Å². The smallest absolute Gasteiger partial charge is 0.232 e. The molecule has 32 heavy (non-hydrogen) atoms. The molecule has 1 aliphatic heterocycles. The molecule has 3 N–H and O–H groups in total. The molecule has 1 fully saturated rings.